The molecule has 4 nitrogen and oxygen atoms in total. The fourth-order valence-electron chi connectivity index (χ4n) is 2.23. The molecule has 1 heterocycles. The van der Waals surface area contributed by atoms with Gasteiger partial charge >= 0.3 is 0 Å². The molecule has 1 saturated heterocycles. The summed E-state index contributed by atoms with van der Waals surface area (Å²) in [6.45, 7) is 2.28. The van der Waals surface area contributed by atoms with Gasteiger partial charge in [0.15, 0.2) is 0 Å². The maximum Gasteiger partial charge on any atom is 0.254 e. The lowest BCUT2D eigenvalue weighted by Crippen LogP contribution is -2.26. The number of nitrogens with two attached hydrogens (primary N) is 1. The molecule has 1 aliphatic heterocycles. The van der Waals surface area contributed by atoms with Gasteiger partial charge in [-0.3, -0.25) is 4.79 Å². The minimum absolute atomic E-state index is 0.0379. The van der Waals surface area contributed by atoms with Crippen LogP contribution < -0.4 is 11.1 Å². The number of carbonyl (C=O) groups excluding carboxylic acids is 1. The third-order valence-electron chi connectivity index (χ3n) is 3.41. The lowest BCUT2D eigenvalue weighted by atomic mass is 10.1. The van der Waals surface area contributed by atoms with Gasteiger partial charge in [0.1, 0.15) is 5.82 Å². The second-order valence-electron chi connectivity index (χ2n) is 4.97. The van der Waals surface area contributed by atoms with E-state index in [9.17, 15) is 9.18 Å². The molecule has 1 aliphatic rings. The maximum absolute atomic E-state index is 13.9. The standard InChI is InChI=1S/C16H19FN2O2/c17-15-10-12(2-1-7-18)3-4-14(15)16(20)19-8-5-13-6-9-21-11-13/h3-4,10,13H,5-9,11,18H2,(H,19,20). The van der Waals surface area contributed by atoms with Crippen molar-refractivity contribution < 1.29 is 13.9 Å². The van der Waals surface area contributed by atoms with Crippen molar-refractivity contribution in [3.63, 3.8) is 0 Å². The maximum atomic E-state index is 13.9. The van der Waals surface area contributed by atoms with Gasteiger partial charge in [-0.2, -0.15) is 0 Å². The number of rotatable bonds is 4. The molecule has 1 amide bonds. The Morgan fingerprint density at radius 2 is 2.38 bits per heavy atom. The van der Waals surface area contributed by atoms with Crippen LogP contribution >= 0.6 is 0 Å². The molecule has 0 bridgehead atoms. The highest BCUT2D eigenvalue weighted by Crippen LogP contribution is 2.15. The Hall–Kier alpha value is -1.90. The van der Waals surface area contributed by atoms with Crippen molar-refractivity contribution in [3.8, 4) is 11.8 Å². The van der Waals surface area contributed by atoms with E-state index in [0.717, 1.165) is 26.1 Å². The molecule has 0 saturated carbocycles. The quantitative estimate of drug-likeness (QED) is 0.821. The monoisotopic (exact) mass is 290 g/mol. The first-order valence-electron chi connectivity index (χ1n) is 7.05. The number of nitrogens with one attached hydrogen (secondary N) is 1. The zero-order valence-corrected chi connectivity index (χ0v) is 11.8. The fourth-order valence-corrected chi connectivity index (χ4v) is 2.23. The van der Waals surface area contributed by atoms with Gasteiger partial charge in [-0.15, -0.1) is 0 Å². The Balaban J connectivity index is 1.89. The number of hydrogen-bond acceptors (Lipinski definition) is 3. The van der Waals surface area contributed by atoms with Crippen molar-refractivity contribution in [1.82, 2.24) is 5.32 Å². The normalized spacial score (nSPS) is 17.1. The van der Waals surface area contributed by atoms with Crippen LogP contribution in [0.15, 0.2) is 18.2 Å². The molecule has 0 radical (unpaired) electrons. The molecule has 1 atom stereocenters. The van der Waals surface area contributed by atoms with Crippen LogP contribution in [-0.4, -0.2) is 32.2 Å². The van der Waals surface area contributed by atoms with Crippen molar-refractivity contribution in [2.24, 2.45) is 11.7 Å². The summed E-state index contributed by atoms with van der Waals surface area (Å²) in [5, 5.41) is 2.74. The number of halogens is 1. The predicted molar refractivity (Wildman–Crippen MR) is 78.2 cm³/mol. The molecule has 1 unspecified atom stereocenters. The van der Waals surface area contributed by atoms with Crippen molar-refractivity contribution in [3.05, 3.63) is 35.1 Å². The Labute approximate surface area is 123 Å². The molecule has 1 aromatic rings. The van der Waals surface area contributed by atoms with Crippen molar-refractivity contribution in [2.75, 3.05) is 26.3 Å². The van der Waals surface area contributed by atoms with Gasteiger partial charge in [0.25, 0.3) is 5.91 Å². The first-order valence-corrected chi connectivity index (χ1v) is 7.05. The van der Waals surface area contributed by atoms with E-state index in [1.54, 1.807) is 6.07 Å². The zero-order chi connectivity index (χ0) is 15.1. The molecule has 2 rings (SSSR count). The van der Waals surface area contributed by atoms with Crippen LogP contribution in [0.2, 0.25) is 0 Å². The van der Waals surface area contributed by atoms with E-state index in [1.165, 1.54) is 12.1 Å². The molecule has 1 aromatic carbocycles. The SMILES string of the molecule is NCC#Cc1ccc(C(=O)NCCC2CCOC2)c(F)c1. The highest BCUT2D eigenvalue weighted by atomic mass is 19.1. The number of carbonyl (C=O) groups is 1. The number of hydrogen-bond donors (Lipinski definition) is 2. The minimum atomic E-state index is -0.569. The van der Waals surface area contributed by atoms with Gasteiger partial charge in [-0.1, -0.05) is 11.8 Å². The summed E-state index contributed by atoms with van der Waals surface area (Å²) in [5.41, 5.74) is 5.81. The predicted octanol–water partition coefficient (Wildman–Crippen LogP) is 1.29. The Kier molecular flexibility index (Phi) is 5.73. The summed E-state index contributed by atoms with van der Waals surface area (Å²) in [5.74, 6) is 4.90. The number of amides is 1. The van der Waals surface area contributed by atoms with Crippen LogP contribution in [0.5, 0.6) is 0 Å². The van der Waals surface area contributed by atoms with E-state index in [-0.39, 0.29) is 12.1 Å². The van der Waals surface area contributed by atoms with Gasteiger partial charge in [0.05, 0.1) is 12.1 Å². The molecule has 3 N–H and O–H groups in total. The summed E-state index contributed by atoms with van der Waals surface area (Å²) in [4.78, 5) is 11.9. The summed E-state index contributed by atoms with van der Waals surface area (Å²) < 4.78 is 19.1. The summed E-state index contributed by atoms with van der Waals surface area (Å²) >= 11 is 0. The molecule has 0 aliphatic carbocycles. The Morgan fingerprint density at radius 3 is 3.05 bits per heavy atom. The van der Waals surface area contributed by atoms with Gasteiger partial charge in [0.2, 0.25) is 0 Å². The first-order chi connectivity index (χ1) is 10.2. The second-order valence-corrected chi connectivity index (χ2v) is 4.97. The van der Waals surface area contributed by atoms with Crippen LogP contribution in [0.4, 0.5) is 4.39 Å². The minimum Gasteiger partial charge on any atom is -0.381 e. The van der Waals surface area contributed by atoms with Crippen LogP contribution in [-0.2, 0) is 4.74 Å². The summed E-state index contributed by atoms with van der Waals surface area (Å²) in [6.07, 6.45) is 1.88. The molecule has 5 heteroatoms. The second kappa shape index (κ2) is 7.77. The van der Waals surface area contributed by atoms with Gasteiger partial charge < -0.3 is 15.8 Å². The van der Waals surface area contributed by atoms with E-state index < -0.39 is 11.7 Å². The van der Waals surface area contributed by atoms with E-state index in [0.29, 0.717) is 18.0 Å². The van der Waals surface area contributed by atoms with Crippen molar-refractivity contribution >= 4 is 5.91 Å². The highest BCUT2D eigenvalue weighted by Gasteiger charge is 2.16. The zero-order valence-electron chi connectivity index (χ0n) is 11.8. The van der Waals surface area contributed by atoms with Gasteiger partial charge in [-0.05, 0) is 37.0 Å². The van der Waals surface area contributed by atoms with Crippen LogP contribution in [0.25, 0.3) is 0 Å². The largest absolute Gasteiger partial charge is 0.381 e. The van der Waals surface area contributed by atoms with E-state index in [1.807, 2.05) is 0 Å². The first kappa shape index (κ1) is 15.5. The molecule has 0 aromatic heterocycles. The van der Waals surface area contributed by atoms with E-state index in [4.69, 9.17) is 10.5 Å². The Morgan fingerprint density at radius 1 is 1.52 bits per heavy atom. The average molecular weight is 290 g/mol. The molecular formula is C16H19FN2O2. The van der Waals surface area contributed by atoms with Gasteiger partial charge in [-0.25, -0.2) is 4.39 Å². The molecule has 112 valence electrons. The third-order valence-corrected chi connectivity index (χ3v) is 3.41. The molecular weight excluding hydrogens is 271 g/mol. The fraction of sp³-hybridized carbons (Fsp3) is 0.438. The number of ether oxygens (including phenoxy) is 1. The topological polar surface area (TPSA) is 64.4 Å². The lowest BCUT2D eigenvalue weighted by molar-refractivity contribution is 0.0946. The van der Waals surface area contributed by atoms with E-state index >= 15 is 0 Å². The van der Waals surface area contributed by atoms with Crippen LogP contribution in [0.1, 0.15) is 28.8 Å². The molecule has 21 heavy (non-hydrogen) atoms. The number of benzene rings is 1. The lowest BCUT2D eigenvalue weighted by Gasteiger charge is -2.09. The summed E-state index contributed by atoms with van der Waals surface area (Å²) in [7, 11) is 0. The molecule has 0 spiro atoms. The third kappa shape index (κ3) is 4.55. The Bertz CT molecular complexity index is 557. The summed E-state index contributed by atoms with van der Waals surface area (Å²) in [6, 6.07) is 4.32. The van der Waals surface area contributed by atoms with Crippen LogP contribution in [0, 0.1) is 23.6 Å². The molecule has 1 fully saturated rings. The van der Waals surface area contributed by atoms with Crippen molar-refractivity contribution in [2.45, 2.75) is 12.8 Å². The van der Waals surface area contributed by atoms with Crippen LogP contribution in [0.3, 0.4) is 0 Å². The van der Waals surface area contributed by atoms with Crippen molar-refractivity contribution in [1.29, 1.82) is 0 Å². The smallest absolute Gasteiger partial charge is 0.254 e. The highest BCUT2D eigenvalue weighted by molar-refractivity contribution is 5.94. The average Bonchev–Trinajstić information content (AvgIpc) is 2.98. The van der Waals surface area contributed by atoms with E-state index in [2.05, 4.69) is 17.2 Å². The van der Waals surface area contributed by atoms with Gasteiger partial charge in [0, 0.05) is 25.3 Å².